The van der Waals surface area contributed by atoms with Gasteiger partial charge in [-0.1, -0.05) is 29.8 Å². The number of hydrogen-bond acceptors (Lipinski definition) is 7. The van der Waals surface area contributed by atoms with Gasteiger partial charge in [-0.05, 0) is 36.2 Å². The fourth-order valence-electron chi connectivity index (χ4n) is 3.24. The molecule has 3 aromatic rings. The molecule has 0 saturated heterocycles. The molecule has 0 radical (unpaired) electrons. The summed E-state index contributed by atoms with van der Waals surface area (Å²) in [5, 5.41) is 0.573. The van der Waals surface area contributed by atoms with E-state index in [1.165, 1.54) is 31.2 Å². The molecule has 0 bridgehead atoms. The predicted molar refractivity (Wildman–Crippen MR) is 118 cm³/mol. The molecular weight excluding hydrogens is 436 g/mol. The molecule has 1 aromatic heterocycles. The molecule has 0 aliphatic rings. The van der Waals surface area contributed by atoms with E-state index in [9.17, 15) is 14.4 Å². The normalized spacial score (nSPS) is 11.5. The van der Waals surface area contributed by atoms with E-state index in [4.69, 9.17) is 25.8 Å². The van der Waals surface area contributed by atoms with Gasteiger partial charge in [0.25, 0.3) is 12.0 Å². The number of halogens is 1. The molecule has 3 rings (SSSR count). The molecule has 0 fully saturated rings. The van der Waals surface area contributed by atoms with Gasteiger partial charge in [-0.15, -0.1) is 0 Å². The highest BCUT2D eigenvalue weighted by atomic mass is 35.5. The average molecular weight is 457 g/mol. The van der Waals surface area contributed by atoms with Gasteiger partial charge < -0.3 is 14.2 Å². The van der Waals surface area contributed by atoms with Crippen LogP contribution in [0.2, 0.25) is 5.02 Å². The first-order valence-corrected chi connectivity index (χ1v) is 9.92. The second-order valence-corrected chi connectivity index (χ2v) is 7.26. The van der Waals surface area contributed by atoms with E-state index in [-0.39, 0.29) is 18.6 Å². The minimum absolute atomic E-state index is 0.156. The van der Waals surface area contributed by atoms with Crippen molar-refractivity contribution in [1.82, 2.24) is 9.55 Å². The van der Waals surface area contributed by atoms with Gasteiger partial charge in [-0.2, -0.15) is 0 Å². The number of ketones is 1. The number of methoxy groups -OCH3 is 2. The average Bonchev–Trinajstić information content (AvgIpc) is 2.80. The van der Waals surface area contributed by atoms with E-state index in [1.807, 2.05) is 13.0 Å². The lowest BCUT2D eigenvalue weighted by molar-refractivity contribution is -0.132. The van der Waals surface area contributed by atoms with Crippen molar-refractivity contribution in [2.75, 3.05) is 14.2 Å². The van der Waals surface area contributed by atoms with Crippen LogP contribution in [-0.2, 0) is 16.1 Å². The molecule has 8 nitrogen and oxygen atoms in total. The van der Waals surface area contributed by atoms with Crippen molar-refractivity contribution in [2.45, 2.75) is 19.6 Å². The van der Waals surface area contributed by atoms with Crippen LogP contribution in [0.15, 0.2) is 53.7 Å². The summed E-state index contributed by atoms with van der Waals surface area (Å²) in [5.41, 5.74) is 1.18. The van der Waals surface area contributed by atoms with Gasteiger partial charge in [-0.25, -0.2) is 4.98 Å². The summed E-state index contributed by atoms with van der Waals surface area (Å²) in [6.45, 7) is 2.18. The predicted octanol–water partition coefficient (Wildman–Crippen LogP) is 3.37. The molecule has 32 heavy (non-hydrogen) atoms. The van der Waals surface area contributed by atoms with Crippen molar-refractivity contribution >= 4 is 23.9 Å². The third-order valence-electron chi connectivity index (χ3n) is 5.03. The molecule has 166 valence electrons. The Bertz CT molecular complexity index is 1210. The van der Waals surface area contributed by atoms with Crippen LogP contribution in [-0.4, -0.2) is 36.0 Å². The summed E-state index contributed by atoms with van der Waals surface area (Å²) < 4.78 is 16.8. The molecule has 1 atom stereocenters. The highest BCUT2D eigenvalue weighted by Crippen LogP contribution is 2.32. The molecule has 0 aliphatic carbocycles. The maximum atomic E-state index is 13.2. The van der Waals surface area contributed by atoms with Gasteiger partial charge in [0.05, 0.1) is 27.1 Å². The van der Waals surface area contributed by atoms with E-state index in [0.29, 0.717) is 22.1 Å². The molecule has 1 heterocycles. The van der Waals surface area contributed by atoms with Crippen molar-refractivity contribution in [2.24, 2.45) is 0 Å². The van der Waals surface area contributed by atoms with Crippen molar-refractivity contribution in [1.29, 1.82) is 0 Å². The molecule has 2 aromatic carbocycles. The van der Waals surface area contributed by atoms with Crippen LogP contribution in [0.1, 0.15) is 33.2 Å². The Morgan fingerprint density at radius 3 is 2.62 bits per heavy atom. The molecule has 1 unspecified atom stereocenters. The number of Topliss-reactive ketones (excluding diaryl/α,β-unsaturated/α-hetero) is 1. The van der Waals surface area contributed by atoms with Crippen LogP contribution in [0.25, 0.3) is 0 Å². The Balaban J connectivity index is 1.99. The molecule has 0 amide bonds. The zero-order valence-electron chi connectivity index (χ0n) is 17.7. The van der Waals surface area contributed by atoms with Gasteiger partial charge in [0.1, 0.15) is 5.56 Å². The van der Waals surface area contributed by atoms with Crippen LogP contribution < -0.4 is 15.0 Å². The minimum Gasteiger partial charge on any atom is -0.493 e. The van der Waals surface area contributed by atoms with Gasteiger partial charge in [0.15, 0.2) is 17.6 Å². The summed E-state index contributed by atoms with van der Waals surface area (Å²) in [6.07, 6.45) is 1.14. The van der Waals surface area contributed by atoms with Crippen LogP contribution in [0.3, 0.4) is 0 Å². The number of carbonyl (C=O) groups excluding carboxylic acids is 2. The SMILES string of the molecule is COc1ccc(C(OC=O)C(=O)c2cncn(Cc3cccc(Cl)c3C)c2=O)cc1OC. The molecule has 0 N–H and O–H groups in total. The van der Waals surface area contributed by atoms with E-state index < -0.39 is 17.4 Å². The Labute approximate surface area is 189 Å². The second-order valence-electron chi connectivity index (χ2n) is 6.86. The van der Waals surface area contributed by atoms with Crippen LogP contribution in [0.5, 0.6) is 11.5 Å². The first-order valence-electron chi connectivity index (χ1n) is 9.55. The summed E-state index contributed by atoms with van der Waals surface area (Å²) in [4.78, 5) is 41.4. The van der Waals surface area contributed by atoms with Crippen molar-refractivity contribution in [3.8, 4) is 11.5 Å². The number of benzene rings is 2. The summed E-state index contributed by atoms with van der Waals surface area (Å²) in [6, 6.07) is 10.0. The maximum absolute atomic E-state index is 13.2. The third kappa shape index (κ3) is 4.65. The van der Waals surface area contributed by atoms with Crippen molar-refractivity contribution in [3.05, 3.63) is 86.6 Å². The Kier molecular flexibility index (Phi) is 7.27. The number of rotatable bonds is 9. The zero-order chi connectivity index (χ0) is 23.3. The Morgan fingerprint density at radius 2 is 1.94 bits per heavy atom. The molecular formula is C23H21ClN2O6. The second kappa shape index (κ2) is 10.1. The van der Waals surface area contributed by atoms with Gasteiger partial charge in [0.2, 0.25) is 5.78 Å². The van der Waals surface area contributed by atoms with E-state index in [2.05, 4.69) is 4.98 Å². The lowest BCUT2D eigenvalue weighted by atomic mass is 10.0. The first kappa shape index (κ1) is 23.0. The standard InChI is InChI=1S/C23H21ClN2O6/c1-14-16(5-4-6-18(14)24)11-26-12-25-10-17(23(26)29)21(28)22(32-13-27)15-7-8-19(30-2)20(9-15)31-3/h4-10,12-13,22H,11H2,1-3H3. The number of nitrogens with zero attached hydrogens (tertiary/aromatic N) is 2. The molecule has 0 spiro atoms. The Hall–Kier alpha value is -3.65. The smallest absolute Gasteiger partial charge is 0.294 e. The van der Waals surface area contributed by atoms with Crippen LogP contribution in [0, 0.1) is 6.92 Å². The zero-order valence-corrected chi connectivity index (χ0v) is 18.5. The fraction of sp³-hybridized carbons (Fsp3) is 0.217. The fourth-order valence-corrected chi connectivity index (χ4v) is 3.44. The first-order chi connectivity index (χ1) is 15.4. The molecule has 9 heteroatoms. The Morgan fingerprint density at radius 1 is 1.19 bits per heavy atom. The highest BCUT2D eigenvalue weighted by Gasteiger charge is 2.28. The number of carbonyl (C=O) groups is 2. The lowest BCUT2D eigenvalue weighted by Gasteiger charge is -2.17. The molecule has 0 aliphatic heterocycles. The lowest BCUT2D eigenvalue weighted by Crippen LogP contribution is -2.30. The van der Waals surface area contributed by atoms with Gasteiger partial charge >= 0.3 is 0 Å². The monoisotopic (exact) mass is 456 g/mol. The van der Waals surface area contributed by atoms with Crippen LogP contribution >= 0.6 is 11.6 Å². The molecule has 0 saturated carbocycles. The summed E-state index contributed by atoms with van der Waals surface area (Å²) in [7, 11) is 2.92. The van der Waals surface area contributed by atoms with Gasteiger partial charge in [-0.3, -0.25) is 19.0 Å². The van der Waals surface area contributed by atoms with E-state index >= 15 is 0 Å². The topological polar surface area (TPSA) is 96.7 Å². The largest absolute Gasteiger partial charge is 0.493 e. The quantitative estimate of drug-likeness (QED) is 0.359. The maximum Gasteiger partial charge on any atom is 0.294 e. The number of ether oxygens (including phenoxy) is 3. The summed E-state index contributed by atoms with van der Waals surface area (Å²) >= 11 is 6.17. The van der Waals surface area contributed by atoms with E-state index in [1.54, 1.807) is 24.3 Å². The minimum atomic E-state index is -1.36. The van der Waals surface area contributed by atoms with Crippen LogP contribution in [0.4, 0.5) is 0 Å². The number of aromatic nitrogens is 2. The van der Waals surface area contributed by atoms with Crippen molar-refractivity contribution < 1.29 is 23.8 Å². The van der Waals surface area contributed by atoms with Crippen molar-refractivity contribution in [3.63, 3.8) is 0 Å². The third-order valence-corrected chi connectivity index (χ3v) is 5.44. The van der Waals surface area contributed by atoms with Gasteiger partial charge in [0, 0.05) is 16.8 Å². The number of hydrogen-bond donors (Lipinski definition) is 0. The van der Waals surface area contributed by atoms with E-state index in [0.717, 1.165) is 17.3 Å². The highest BCUT2D eigenvalue weighted by molar-refractivity contribution is 6.31. The summed E-state index contributed by atoms with van der Waals surface area (Å²) in [5.74, 6) is 0.0745.